The van der Waals surface area contributed by atoms with Crippen molar-refractivity contribution in [3.63, 3.8) is 0 Å². The highest BCUT2D eigenvalue weighted by atomic mass is 16.2. The third kappa shape index (κ3) is 2.97. The molecular formula is C19H21N3O. The summed E-state index contributed by atoms with van der Waals surface area (Å²) in [5, 5.41) is 5.58. The van der Waals surface area contributed by atoms with Crippen molar-refractivity contribution < 1.29 is 4.79 Å². The molecule has 0 saturated carbocycles. The van der Waals surface area contributed by atoms with Gasteiger partial charge in [0, 0.05) is 37.3 Å². The maximum atomic E-state index is 12.3. The summed E-state index contributed by atoms with van der Waals surface area (Å²) in [6.07, 6.45) is 2.00. The fraction of sp³-hybridized carbons (Fsp3) is 0.263. The molecule has 3 aromatic rings. The van der Waals surface area contributed by atoms with Crippen molar-refractivity contribution in [2.24, 2.45) is 7.05 Å². The molecule has 0 aliphatic carbocycles. The average Bonchev–Trinajstić information content (AvgIpc) is 2.95. The van der Waals surface area contributed by atoms with Crippen LogP contribution in [0.5, 0.6) is 0 Å². The summed E-state index contributed by atoms with van der Waals surface area (Å²) >= 11 is 0. The van der Waals surface area contributed by atoms with Gasteiger partial charge in [0.25, 0.3) is 5.91 Å². The third-order valence-electron chi connectivity index (χ3n) is 4.14. The Morgan fingerprint density at radius 2 is 1.70 bits per heavy atom. The number of nitrogens with zero attached hydrogens (tertiary/aromatic N) is 3. The Kier molecular flexibility index (Phi) is 4.15. The van der Waals surface area contributed by atoms with Crippen LogP contribution in [0.15, 0.2) is 48.7 Å². The molecular weight excluding hydrogens is 286 g/mol. The summed E-state index contributed by atoms with van der Waals surface area (Å²) in [7, 11) is 1.92. The lowest BCUT2D eigenvalue weighted by Crippen LogP contribution is -2.30. The molecule has 0 atom stereocenters. The van der Waals surface area contributed by atoms with Crippen LogP contribution in [0.4, 0.5) is 0 Å². The van der Waals surface area contributed by atoms with Gasteiger partial charge in [0.05, 0.1) is 5.52 Å². The molecule has 1 amide bonds. The molecule has 0 spiro atoms. The highest BCUT2D eigenvalue weighted by molar-refractivity contribution is 5.95. The lowest BCUT2D eigenvalue weighted by molar-refractivity contribution is 0.0773. The fourth-order valence-electron chi connectivity index (χ4n) is 2.82. The van der Waals surface area contributed by atoms with E-state index in [1.54, 1.807) is 0 Å². The minimum absolute atomic E-state index is 0.0849. The molecule has 0 aliphatic heterocycles. The Bertz CT molecular complexity index is 829. The summed E-state index contributed by atoms with van der Waals surface area (Å²) in [5.74, 6) is 0.0849. The highest BCUT2D eigenvalue weighted by Crippen LogP contribution is 2.24. The zero-order valence-electron chi connectivity index (χ0n) is 13.8. The Hall–Kier alpha value is -2.62. The first kappa shape index (κ1) is 15.3. The first-order valence-electron chi connectivity index (χ1n) is 7.95. The summed E-state index contributed by atoms with van der Waals surface area (Å²) < 4.78 is 1.82. The predicted molar refractivity (Wildman–Crippen MR) is 93.4 cm³/mol. The van der Waals surface area contributed by atoms with Crippen molar-refractivity contribution in [1.29, 1.82) is 0 Å². The topological polar surface area (TPSA) is 38.1 Å². The monoisotopic (exact) mass is 307 g/mol. The number of benzene rings is 2. The molecule has 1 heterocycles. The van der Waals surface area contributed by atoms with E-state index in [1.807, 2.05) is 60.9 Å². The molecule has 1 aromatic heterocycles. The van der Waals surface area contributed by atoms with Gasteiger partial charge in [-0.3, -0.25) is 9.48 Å². The smallest absolute Gasteiger partial charge is 0.253 e. The second kappa shape index (κ2) is 6.24. The zero-order chi connectivity index (χ0) is 16.4. The van der Waals surface area contributed by atoms with E-state index in [2.05, 4.69) is 23.3 Å². The lowest BCUT2D eigenvalue weighted by atomic mass is 10.0. The van der Waals surface area contributed by atoms with Gasteiger partial charge >= 0.3 is 0 Å². The van der Waals surface area contributed by atoms with E-state index in [-0.39, 0.29) is 5.91 Å². The van der Waals surface area contributed by atoms with Crippen LogP contribution in [0, 0.1) is 0 Å². The molecule has 3 rings (SSSR count). The molecule has 2 aromatic carbocycles. The number of fused-ring (bicyclic) bond motifs is 1. The van der Waals surface area contributed by atoms with Gasteiger partial charge in [-0.05, 0) is 43.2 Å². The Balaban J connectivity index is 1.89. The van der Waals surface area contributed by atoms with Gasteiger partial charge in [0.1, 0.15) is 0 Å². The fourth-order valence-corrected chi connectivity index (χ4v) is 2.82. The van der Waals surface area contributed by atoms with E-state index in [4.69, 9.17) is 0 Å². The Morgan fingerprint density at radius 3 is 2.35 bits per heavy atom. The second-order valence-corrected chi connectivity index (χ2v) is 5.63. The molecule has 0 aliphatic rings. The van der Waals surface area contributed by atoms with Gasteiger partial charge in [-0.2, -0.15) is 5.10 Å². The normalized spacial score (nSPS) is 10.9. The summed E-state index contributed by atoms with van der Waals surface area (Å²) in [6.45, 7) is 5.45. The molecule has 4 heteroatoms. The van der Waals surface area contributed by atoms with E-state index in [9.17, 15) is 4.79 Å². The summed E-state index contributed by atoms with van der Waals surface area (Å²) in [6, 6.07) is 14.0. The number of carbonyl (C=O) groups excluding carboxylic acids is 1. The van der Waals surface area contributed by atoms with E-state index >= 15 is 0 Å². The van der Waals surface area contributed by atoms with Crippen molar-refractivity contribution in [1.82, 2.24) is 14.7 Å². The molecule has 0 bridgehead atoms. The number of rotatable bonds is 4. The van der Waals surface area contributed by atoms with Crippen molar-refractivity contribution in [2.75, 3.05) is 13.1 Å². The minimum atomic E-state index is 0.0849. The van der Waals surface area contributed by atoms with Crippen LogP contribution in [0.3, 0.4) is 0 Å². The largest absolute Gasteiger partial charge is 0.339 e. The summed E-state index contributed by atoms with van der Waals surface area (Å²) in [4.78, 5) is 14.2. The van der Waals surface area contributed by atoms with Crippen molar-refractivity contribution in [2.45, 2.75) is 13.8 Å². The van der Waals surface area contributed by atoms with Crippen LogP contribution in [0.2, 0.25) is 0 Å². The molecule has 0 unspecified atom stereocenters. The predicted octanol–water partition coefficient (Wildman–Crippen LogP) is 3.72. The molecule has 0 radical (unpaired) electrons. The molecule has 118 valence electrons. The van der Waals surface area contributed by atoms with Crippen LogP contribution in [-0.4, -0.2) is 33.7 Å². The number of amides is 1. The van der Waals surface area contributed by atoms with Crippen LogP contribution < -0.4 is 0 Å². The van der Waals surface area contributed by atoms with Crippen molar-refractivity contribution in [3.05, 3.63) is 54.2 Å². The molecule has 23 heavy (non-hydrogen) atoms. The second-order valence-electron chi connectivity index (χ2n) is 5.63. The van der Waals surface area contributed by atoms with Crippen LogP contribution in [-0.2, 0) is 7.05 Å². The quantitative estimate of drug-likeness (QED) is 0.737. The maximum Gasteiger partial charge on any atom is 0.253 e. The van der Waals surface area contributed by atoms with Gasteiger partial charge in [-0.15, -0.1) is 0 Å². The van der Waals surface area contributed by atoms with Crippen LogP contribution in [0.1, 0.15) is 24.2 Å². The van der Waals surface area contributed by atoms with Gasteiger partial charge in [0.2, 0.25) is 0 Å². The summed E-state index contributed by atoms with van der Waals surface area (Å²) in [5.41, 5.74) is 3.91. The third-order valence-corrected chi connectivity index (χ3v) is 4.14. The molecule has 0 fully saturated rings. The standard InChI is InChI=1S/C19H21N3O/c1-4-22(5-2)19(23)15-8-6-14(7-9-15)16-10-11-17-13-21(3)20-18(17)12-16/h6-13H,4-5H2,1-3H3. The number of aryl methyl sites for hydroxylation is 1. The van der Waals surface area contributed by atoms with Crippen molar-refractivity contribution >= 4 is 16.8 Å². The molecule has 4 nitrogen and oxygen atoms in total. The maximum absolute atomic E-state index is 12.3. The minimum Gasteiger partial charge on any atom is -0.339 e. The van der Waals surface area contributed by atoms with Gasteiger partial charge in [0.15, 0.2) is 0 Å². The Labute approximate surface area is 136 Å². The van der Waals surface area contributed by atoms with E-state index in [1.165, 1.54) is 0 Å². The van der Waals surface area contributed by atoms with E-state index in [0.29, 0.717) is 0 Å². The average molecular weight is 307 g/mol. The number of hydrogen-bond acceptors (Lipinski definition) is 2. The zero-order valence-corrected chi connectivity index (χ0v) is 13.8. The van der Waals surface area contributed by atoms with Crippen molar-refractivity contribution in [3.8, 4) is 11.1 Å². The van der Waals surface area contributed by atoms with Crippen LogP contribution >= 0.6 is 0 Å². The first-order chi connectivity index (χ1) is 11.1. The molecule has 0 N–H and O–H groups in total. The first-order valence-corrected chi connectivity index (χ1v) is 7.95. The van der Waals surface area contributed by atoms with E-state index in [0.717, 1.165) is 40.7 Å². The van der Waals surface area contributed by atoms with Gasteiger partial charge in [-0.25, -0.2) is 0 Å². The van der Waals surface area contributed by atoms with Crippen LogP contribution in [0.25, 0.3) is 22.0 Å². The van der Waals surface area contributed by atoms with E-state index < -0.39 is 0 Å². The number of aromatic nitrogens is 2. The molecule has 0 saturated heterocycles. The Morgan fingerprint density at radius 1 is 1.04 bits per heavy atom. The number of hydrogen-bond donors (Lipinski definition) is 0. The van der Waals surface area contributed by atoms with Gasteiger partial charge in [-0.1, -0.05) is 24.3 Å². The lowest BCUT2D eigenvalue weighted by Gasteiger charge is -2.18. The highest BCUT2D eigenvalue weighted by Gasteiger charge is 2.12. The number of carbonyl (C=O) groups is 1. The SMILES string of the molecule is CCN(CC)C(=O)c1ccc(-c2ccc3cn(C)nc3c2)cc1. The van der Waals surface area contributed by atoms with Gasteiger partial charge < -0.3 is 4.90 Å².